The van der Waals surface area contributed by atoms with Crippen LogP contribution in [0.3, 0.4) is 0 Å². The van der Waals surface area contributed by atoms with E-state index in [9.17, 15) is 14.0 Å². The van der Waals surface area contributed by atoms with E-state index in [-0.39, 0.29) is 11.5 Å². The molecule has 1 heterocycles. The summed E-state index contributed by atoms with van der Waals surface area (Å²) in [7, 11) is 1.60. The fourth-order valence-corrected chi connectivity index (χ4v) is 2.83. The summed E-state index contributed by atoms with van der Waals surface area (Å²) in [6, 6.07) is 4.31. The van der Waals surface area contributed by atoms with Crippen LogP contribution in [0.5, 0.6) is 0 Å². The molecule has 1 aliphatic rings. The molecule has 1 aliphatic heterocycles. The minimum absolute atomic E-state index is 0.0220. The molecule has 2 rings (SSSR count). The Kier molecular flexibility index (Phi) is 4.82. The Morgan fingerprint density at radius 3 is 2.81 bits per heavy atom. The molecule has 1 N–H and O–H groups in total. The zero-order chi connectivity index (χ0) is 15.6. The zero-order valence-corrected chi connectivity index (χ0v) is 13.1. The Morgan fingerprint density at radius 2 is 2.24 bits per heavy atom. The van der Waals surface area contributed by atoms with Gasteiger partial charge in [0.05, 0.1) is 5.56 Å². The van der Waals surface area contributed by atoms with Gasteiger partial charge in [-0.2, -0.15) is 0 Å². The van der Waals surface area contributed by atoms with Gasteiger partial charge < -0.3 is 14.9 Å². The van der Waals surface area contributed by atoms with E-state index in [0.29, 0.717) is 30.5 Å². The van der Waals surface area contributed by atoms with Gasteiger partial charge in [-0.1, -0.05) is 15.9 Å². The van der Waals surface area contributed by atoms with Crippen molar-refractivity contribution in [2.45, 2.75) is 6.42 Å². The summed E-state index contributed by atoms with van der Waals surface area (Å²) in [5, 5.41) is 8.91. The predicted molar refractivity (Wildman–Crippen MR) is 78.8 cm³/mol. The highest BCUT2D eigenvalue weighted by atomic mass is 79.9. The molecule has 7 heteroatoms. The average molecular weight is 359 g/mol. The highest BCUT2D eigenvalue weighted by Crippen LogP contribution is 2.20. The first-order valence-corrected chi connectivity index (χ1v) is 7.36. The van der Waals surface area contributed by atoms with Crippen LogP contribution in [0.15, 0.2) is 22.7 Å². The van der Waals surface area contributed by atoms with Crippen molar-refractivity contribution < 1.29 is 19.1 Å². The normalized spacial score (nSPS) is 17.9. The summed E-state index contributed by atoms with van der Waals surface area (Å²) in [4.78, 5) is 25.9. The molecule has 0 saturated carbocycles. The fourth-order valence-electron chi connectivity index (χ4n) is 2.49. The summed E-state index contributed by atoms with van der Waals surface area (Å²) in [6.07, 6.45) is -0.224. The van der Waals surface area contributed by atoms with E-state index in [1.807, 2.05) is 0 Å². The maximum Gasteiger partial charge on any atom is 0.407 e. The number of benzene rings is 1. The van der Waals surface area contributed by atoms with Gasteiger partial charge in [0.15, 0.2) is 0 Å². The van der Waals surface area contributed by atoms with Gasteiger partial charge in [0.25, 0.3) is 5.91 Å². The topological polar surface area (TPSA) is 60.9 Å². The third-order valence-electron chi connectivity index (χ3n) is 3.60. The van der Waals surface area contributed by atoms with Gasteiger partial charge in [0, 0.05) is 31.2 Å². The van der Waals surface area contributed by atoms with Crippen molar-refractivity contribution in [2.24, 2.45) is 5.92 Å². The Labute approximate surface area is 130 Å². The van der Waals surface area contributed by atoms with Gasteiger partial charge in [-0.15, -0.1) is 0 Å². The first-order chi connectivity index (χ1) is 9.88. The van der Waals surface area contributed by atoms with E-state index in [1.54, 1.807) is 13.1 Å². The smallest absolute Gasteiger partial charge is 0.407 e. The maximum absolute atomic E-state index is 13.8. The van der Waals surface area contributed by atoms with E-state index < -0.39 is 17.8 Å². The number of nitrogens with zero attached hydrogens (tertiary/aromatic N) is 2. The van der Waals surface area contributed by atoms with Crippen molar-refractivity contribution in [2.75, 3.05) is 26.7 Å². The first kappa shape index (κ1) is 15.8. The minimum Gasteiger partial charge on any atom is -0.465 e. The fraction of sp³-hybridized carbons (Fsp3) is 0.429. The van der Waals surface area contributed by atoms with Crippen molar-refractivity contribution in [1.29, 1.82) is 0 Å². The molecular formula is C14H16BrFN2O3. The number of rotatable bonds is 3. The SMILES string of the molecule is CN(C[C@@H]1CCN(C(=O)O)C1)C(=O)c1ccc(Br)cc1F. The lowest BCUT2D eigenvalue weighted by Crippen LogP contribution is -2.34. The molecule has 0 radical (unpaired) electrons. The third kappa shape index (κ3) is 3.72. The summed E-state index contributed by atoms with van der Waals surface area (Å²) >= 11 is 3.15. The van der Waals surface area contributed by atoms with Crippen LogP contribution in [-0.2, 0) is 0 Å². The van der Waals surface area contributed by atoms with Crippen LogP contribution in [0.1, 0.15) is 16.8 Å². The standard InChI is InChI=1S/C14H16BrFN2O3/c1-17(7-9-4-5-18(8-9)14(20)21)13(19)11-3-2-10(15)6-12(11)16/h2-3,6,9H,4-5,7-8H2,1H3,(H,20,21)/t9-/m0/s1. The molecule has 1 saturated heterocycles. The first-order valence-electron chi connectivity index (χ1n) is 6.57. The van der Waals surface area contributed by atoms with Crippen LogP contribution in [0.4, 0.5) is 9.18 Å². The van der Waals surface area contributed by atoms with Gasteiger partial charge in [0.1, 0.15) is 5.82 Å². The molecule has 1 aromatic carbocycles. The quantitative estimate of drug-likeness (QED) is 0.903. The van der Waals surface area contributed by atoms with Crippen LogP contribution < -0.4 is 0 Å². The van der Waals surface area contributed by atoms with Crippen molar-refractivity contribution >= 4 is 27.9 Å². The lowest BCUT2D eigenvalue weighted by Gasteiger charge is -2.21. The number of carbonyl (C=O) groups is 2. The van der Waals surface area contributed by atoms with E-state index in [4.69, 9.17) is 5.11 Å². The van der Waals surface area contributed by atoms with Crippen LogP contribution in [0.25, 0.3) is 0 Å². The maximum atomic E-state index is 13.8. The second-order valence-electron chi connectivity index (χ2n) is 5.19. The van der Waals surface area contributed by atoms with E-state index in [0.717, 1.165) is 0 Å². The third-order valence-corrected chi connectivity index (χ3v) is 4.09. The minimum atomic E-state index is -0.939. The van der Waals surface area contributed by atoms with E-state index in [2.05, 4.69) is 15.9 Å². The lowest BCUT2D eigenvalue weighted by atomic mass is 10.1. The molecule has 0 aromatic heterocycles. The second-order valence-corrected chi connectivity index (χ2v) is 6.11. The molecule has 1 atom stereocenters. The number of amides is 2. The molecule has 1 aromatic rings. The van der Waals surface area contributed by atoms with E-state index >= 15 is 0 Å². The van der Waals surface area contributed by atoms with Gasteiger partial charge in [-0.25, -0.2) is 9.18 Å². The zero-order valence-electron chi connectivity index (χ0n) is 11.6. The van der Waals surface area contributed by atoms with Gasteiger partial charge in [-0.05, 0) is 30.5 Å². The van der Waals surface area contributed by atoms with Crippen LogP contribution >= 0.6 is 15.9 Å². The highest BCUT2D eigenvalue weighted by Gasteiger charge is 2.28. The van der Waals surface area contributed by atoms with Crippen LogP contribution in [0, 0.1) is 11.7 Å². The Morgan fingerprint density at radius 1 is 1.52 bits per heavy atom. The largest absolute Gasteiger partial charge is 0.465 e. The van der Waals surface area contributed by atoms with Crippen molar-refractivity contribution in [1.82, 2.24) is 9.80 Å². The van der Waals surface area contributed by atoms with Gasteiger partial charge in [-0.3, -0.25) is 4.79 Å². The lowest BCUT2D eigenvalue weighted by molar-refractivity contribution is 0.0769. The Balaban J connectivity index is 1.99. The number of hydrogen-bond acceptors (Lipinski definition) is 2. The summed E-state index contributed by atoms with van der Waals surface area (Å²) in [5.41, 5.74) is 0.0220. The van der Waals surface area contributed by atoms with Crippen molar-refractivity contribution in [3.05, 3.63) is 34.1 Å². The van der Waals surface area contributed by atoms with Crippen LogP contribution in [0.2, 0.25) is 0 Å². The van der Waals surface area contributed by atoms with Crippen molar-refractivity contribution in [3.8, 4) is 0 Å². The Bertz CT molecular complexity index is 567. The van der Waals surface area contributed by atoms with Gasteiger partial charge in [0.2, 0.25) is 0 Å². The average Bonchev–Trinajstić information content (AvgIpc) is 2.86. The molecule has 5 nitrogen and oxygen atoms in total. The summed E-state index contributed by atoms with van der Waals surface area (Å²) in [5.74, 6) is -0.873. The Hall–Kier alpha value is -1.63. The molecule has 0 unspecified atom stereocenters. The number of halogens is 2. The molecule has 114 valence electrons. The molecule has 2 amide bonds. The molecule has 0 bridgehead atoms. The van der Waals surface area contributed by atoms with E-state index in [1.165, 1.54) is 21.9 Å². The predicted octanol–water partition coefficient (Wildman–Crippen LogP) is 2.66. The molecule has 21 heavy (non-hydrogen) atoms. The second kappa shape index (κ2) is 6.43. The highest BCUT2D eigenvalue weighted by molar-refractivity contribution is 9.10. The summed E-state index contributed by atoms with van der Waals surface area (Å²) < 4.78 is 14.4. The van der Waals surface area contributed by atoms with Gasteiger partial charge >= 0.3 is 6.09 Å². The summed E-state index contributed by atoms with van der Waals surface area (Å²) in [6.45, 7) is 1.31. The number of likely N-dealkylation sites (tertiary alicyclic amines) is 1. The number of hydrogen-bond donors (Lipinski definition) is 1. The molecule has 0 aliphatic carbocycles. The van der Waals surface area contributed by atoms with Crippen molar-refractivity contribution in [3.63, 3.8) is 0 Å². The van der Waals surface area contributed by atoms with Crippen LogP contribution in [-0.4, -0.2) is 53.6 Å². The molecule has 0 spiro atoms. The number of carbonyl (C=O) groups excluding carboxylic acids is 1. The number of carboxylic acid groups (broad SMARTS) is 1. The monoisotopic (exact) mass is 358 g/mol. The molecule has 1 fully saturated rings. The molecular weight excluding hydrogens is 343 g/mol.